The summed E-state index contributed by atoms with van der Waals surface area (Å²) in [5.41, 5.74) is 7.85. The summed E-state index contributed by atoms with van der Waals surface area (Å²) < 4.78 is 20.6. The average molecular weight is 417 g/mol. The Balaban J connectivity index is 2.29. The molecule has 0 radical (unpaired) electrons. The molecule has 21 heavy (non-hydrogen) atoms. The van der Waals surface area contributed by atoms with E-state index >= 15 is 0 Å². The molecule has 112 valence electrons. The fourth-order valence-electron chi connectivity index (χ4n) is 1.97. The summed E-state index contributed by atoms with van der Waals surface area (Å²) in [7, 11) is 0. The molecule has 0 aliphatic carbocycles. The minimum Gasteiger partial charge on any atom is -0.492 e. The van der Waals surface area contributed by atoms with Crippen LogP contribution >= 0.6 is 31.9 Å². The van der Waals surface area contributed by atoms with E-state index in [0.29, 0.717) is 12.2 Å². The van der Waals surface area contributed by atoms with E-state index < -0.39 is 6.04 Å². The van der Waals surface area contributed by atoms with E-state index in [9.17, 15) is 4.39 Å². The van der Waals surface area contributed by atoms with Crippen molar-refractivity contribution in [2.24, 2.45) is 5.73 Å². The summed E-state index contributed by atoms with van der Waals surface area (Å²) in [5, 5.41) is 0. The van der Waals surface area contributed by atoms with Crippen molar-refractivity contribution in [3.05, 3.63) is 62.3 Å². The van der Waals surface area contributed by atoms with E-state index in [1.165, 1.54) is 12.1 Å². The molecular weight excluding hydrogens is 401 g/mol. The van der Waals surface area contributed by atoms with E-state index in [-0.39, 0.29) is 5.82 Å². The first-order valence-corrected chi connectivity index (χ1v) is 8.24. The molecule has 2 aromatic carbocycles. The first-order valence-electron chi connectivity index (χ1n) is 6.65. The van der Waals surface area contributed by atoms with Crippen molar-refractivity contribution < 1.29 is 9.13 Å². The molecule has 1 unspecified atom stereocenters. The zero-order valence-corrected chi connectivity index (χ0v) is 14.7. The fraction of sp³-hybridized carbons (Fsp3) is 0.250. The minimum atomic E-state index is -0.411. The summed E-state index contributed by atoms with van der Waals surface area (Å²) in [4.78, 5) is 0. The molecule has 5 heteroatoms. The number of benzene rings is 2. The summed E-state index contributed by atoms with van der Waals surface area (Å²) in [5.74, 6) is 0.483. The zero-order chi connectivity index (χ0) is 15.4. The standard InChI is InChI=1S/C16H16Br2FNO/c1-2-7-21-15-6-3-10(8-14(15)18)16(20)12-9-11(19)4-5-13(12)17/h3-6,8-9,16H,2,7,20H2,1H3. The van der Waals surface area contributed by atoms with Crippen molar-refractivity contribution >= 4 is 31.9 Å². The second-order valence-electron chi connectivity index (χ2n) is 4.68. The Hall–Kier alpha value is -0.910. The van der Waals surface area contributed by atoms with Gasteiger partial charge in [0.25, 0.3) is 0 Å². The number of ether oxygens (including phenoxy) is 1. The highest BCUT2D eigenvalue weighted by molar-refractivity contribution is 9.10. The van der Waals surface area contributed by atoms with Gasteiger partial charge in [0.1, 0.15) is 11.6 Å². The predicted molar refractivity (Wildman–Crippen MR) is 90.1 cm³/mol. The molecule has 2 rings (SSSR count). The summed E-state index contributed by atoms with van der Waals surface area (Å²) in [6, 6.07) is 9.79. The maximum atomic E-state index is 13.4. The maximum absolute atomic E-state index is 13.4. The highest BCUT2D eigenvalue weighted by atomic mass is 79.9. The van der Waals surface area contributed by atoms with E-state index in [1.54, 1.807) is 6.07 Å². The van der Waals surface area contributed by atoms with Gasteiger partial charge >= 0.3 is 0 Å². The van der Waals surface area contributed by atoms with Crippen molar-refractivity contribution in [3.8, 4) is 5.75 Å². The van der Waals surface area contributed by atoms with Gasteiger partial charge in [0, 0.05) is 4.47 Å². The van der Waals surface area contributed by atoms with Gasteiger partial charge in [-0.2, -0.15) is 0 Å². The molecule has 0 amide bonds. The van der Waals surface area contributed by atoms with Crippen LogP contribution in [0.15, 0.2) is 45.3 Å². The van der Waals surface area contributed by atoms with Crippen LogP contribution in [0.4, 0.5) is 4.39 Å². The molecular formula is C16H16Br2FNO. The summed E-state index contributed by atoms with van der Waals surface area (Å²) in [6.45, 7) is 2.72. The largest absolute Gasteiger partial charge is 0.492 e. The smallest absolute Gasteiger partial charge is 0.133 e. The van der Waals surface area contributed by atoms with Crippen molar-refractivity contribution in [2.45, 2.75) is 19.4 Å². The van der Waals surface area contributed by atoms with Gasteiger partial charge in [-0.05, 0) is 63.8 Å². The van der Waals surface area contributed by atoms with Crippen LogP contribution in [-0.4, -0.2) is 6.61 Å². The average Bonchev–Trinajstić information content (AvgIpc) is 2.47. The molecule has 2 N–H and O–H groups in total. The molecule has 0 aliphatic heterocycles. The molecule has 0 spiro atoms. The topological polar surface area (TPSA) is 35.2 Å². The molecule has 0 bridgehead atoms. The molecule has 2 aromatic rings. The monoisotopic (exact) mass is 415 g/mol. The van der Waals surface area contributed by atoms with Crippen LogP contribution in [0.5, 0.6) is 5.75 Å². The Morgan fingerprint density at radius 2 is 1.90 bits per heavy atom. The molecule has 0 heterocycles. The van der Waals surface area contributed by atoms with Crippen molar-refractivity contribution in [1.82, 2.24) is 0 Å². The number of hydrogen-bond donors (Lipinski definition) is 1. The lowest BCUT2D eigenvalue weighted by molar-refractivity contribution is 0.315. The third kappa shape index (κ3) is 4.05. The van der Waals surface area contributed by atoms with Crippen LogP contribution in [0.3, 0.4) is 0 Å². The maximum Gasteiger partial charge on any atom is 0.133 e. The van der Waals surface area contributed by atoms with Crippen molar-refractivity contribution in [3.63, 3.8) is 0 Å². The van der Waals surface area contributed by atoms with E-state index in [4.69, 9.17) is 10.5 Å². The van der Waals surface area contributed by atoms with Gasteiger partial charge in [0.05, 0.1) is 17.1 Å². The Morgan fingerprint density at radius 3 is 2.57 bits per heavy atom. The van der Waals surface area contributed by atoms with E-state index in [0.717, 1.165) is 26.7 Å². The molecule has 0 aromatic heterocycles. The summed E-state index contributed by atoms with van der Waals surface area (Å²) in [6.07, 6.45) is 0.948. The van der Waals surface area contributed by atoms with Gasteiger partial charge in [0.15, 0.2) is 0 Å². The minimum absolute atomic E-state index is 0.300. The molecule has 0 saturated carbocycles. The van der Waals surface area contributed by atoms with Gasteiger partial charge in [-0.1, -0.05) is 28.9 Å². The Bertz CT molecular complexity index is 634. The normalized spacial score (nSPS) is 12.2. The Morgan fingerprint density at radius 1 is 1.14 bits per heavy atom. The molecule has 0 fully saturated rings. The van der Waals surface area contributed by atoms with Crippen LogP contribution in [0.2, 0.25) is 0 Å². The van der Waals surface area contributed by atoms with Gasteiger partial charge in [-0.15, -0.1) is 0 Å². The third-order valence-corrected chi connectivity index (χ3v) is 4.41. The lowest BCUT2D eigenvalue weighted by atomic mass is 9.99. The molecule has 2 nitrogen and oxygen atoms in total. The van der Waals surface area contributed by atoms with Crippen LogP contribution in [0.1, 0.15) is 30.5 Å². The molecule has 0 saturated heterocycles. The Labute approximate surface area is 140 Å². The van der Waals surface area contributed by atoms with Crippen LogP contribution in [-0.2, 0) is 0 Å². The second-order valence-corrected chi connectivity index (χ2v) is 6.39. The van der Waals surface area contributed by atoms with E-state index in [2.05, 4.69) is 38.8 Å². The number of nitrogens with two attached hydrogens (primary N) is 1. The number of halogens is 3. The van der Waals surface area contributed by atoms with Gasteiger partial charge in [-0.25, -0.2) is 4.39 Å². The third-order valence-electron chi connectivity index (χ3n) is 3.07. The van der Waals surface area contributed by atoms with E-state index in [1.807, 2.05) is 18.2 Å². The zero-order valence-electron chi connectivity index (χ0n) is 11.6. The second kappa shape index (κ2) is 7.38. The summed E-state index contributed by atoms with van der Waals surface area (Å²) >= 11 is 6.90. The predicted octanol–water partition coefficient (Wildman–Crippen LogP) is 5.19. The molecule has 1 atom stereocenters. The molecule has 0 aliphatic rings. The van der Waals surface area contributed by atoms with Crippen molar-refractivity contribution in [1.29, 1.82) is 0 Å². The lowest BCUT2D eigenvalue weighted by Crippen LogP contribution is -2.13. The SMILES string of the molecule is CCCOc1ccc(C(N)c2cc(F)ccc2Br)cc1Br. The van der Waals surface area contributed by atoms with Gasteiger partial charge < -0.3 is 10.5 Å². The lowest BCUT2D eigenvalue weighted by Gasteiger charge is -2.16. The number of hydrogen-bond acceptors (Lipinski definition) is 2. The van der Waals surface area contributed by atoms with Crippen LogP contribution in [0, 0.1) is 5.82 Å². The highest BCUT2D eigenvalue weighted by Crippen LogP contribution is 2.32. The number of rotatable bonds is 5. The van der Waals surface area contributed by atoms with Gasteiger partial charge in [-0.3, -0.25) is 0 Å². The first-order chi connectivity index (χ1) is 10.0. The fourth-order valence-corrected chi connectivity index (χ4v) is 2.98. The Kier molecular flexibility index (Phi) is 5.79. The highest BCUT2D eigenvalue weighted by Gasteiger charge is 2.15. The van der Waals surface area contributed by atoms with Crippen molar-refractivity contribution in [2.75, 3.05) is 6.61 Å². The quantitative estimate of drug-likeness (QED) is 0.727. The first kappa shape index (κ1) is 16.5. The van der Waals surface area contributed by atoms with Gasteiger partial charge in [0.2, 0.25) is 0 Å². The van der Waals surface area contributed by atoms with Crippen LogP contribution in [0.25, 0.3) is 0 Å². The van der Waals surface area contributed by atoms with Crippen LogP contribution < -0.4 is 10.5 Å².